The number of hydrogen-bond acceptors (Lipinski definition) is 2. The fraction of sp³-hybridized carbons (Fsp3) is 0.900. The maximum absolute atomic E-state index is 11.8. The molecule has 0 aromatic rings. The van der Waals surface area contributed by atoms with E-state index in [0.717, 1.165) is 12.8 Å². The van der Waals surface area contributed by atoms with Gasteiger partial charge < -0.3 is 10.4 Å². The van der Waals surface area contributed by atoms with Gasteiger partial charge in [0.1, 0.15) is 6.04 Å². The van der Waals surface area contributed by atoms with Crippen molar-refractivity contribution in [2.24, 2.45) is 5.92 Å². The van der Waals surface area contributed by atoms with Crippen molar-refractivity contribution in [1.29, 1.82) is 0 Å². The maximum Gasteiger partial charge on any atom is 0.389 e. The number of aliphatic carboxylic acids is 1. The highest BCUT2D eigenvalue weighted by molar-refractivity contribution is 5.74. The lowest BCUT2D eigenvalue weighted by Gasteiger charge is -2.13. The van der Waals surface area contributed by atoms with E-state index in [1.165, 1.54) is 0 Å². The molecule has 1 fully saturated rings. The third kappa shape index (κ3) is 5.34. The number of alkyl halides is 3. The van der Waals surface area contributed by atoms with Gasteiger partial charge in [-0.3, -0.25) is 4.79 Å². The second-order valence-corrected chi connectivity index (χ2v) is 4.18. The first-order valence-electron chi connectivity index (χ1n) is 5.43. The molecule has 1 saturated carbocycles. The number of rotatable bonds is 7. The summed E-state index contributed by atoms with van der Waals surface area (Å²) in [6, 6.07) is -0.578. The minimum atomic E-state index is -4.11. The van der Waals surface area contributed by atoms with Gasteiger partial charge >= 0.3 is 12.1 Å². The zero-order chi connectivity index (χ0) is 12.2. The number of hydrogen-bond donors (Lipinski definition) is 2. The highest BCUT2D eigenvalue weighted by Gasteiger charge is 2.35. The van der Waals surface area contributed by atoms with E-state index >= 15 is 0 Å². The number of carboxylic acids is 1. The molecule has 2 N–H and O–H groups in total. The Balaban J connectivity index is 2.07. The van der Waals surface area contributed by atoms with Gasteiger partial charge in [-0.1, -0.05) is 0 Å². The molecule has 0 aliphatic heterocycles. The van der Waals surface area contributed by atoms with Crippen LogP contribution in [0, 0.1) is 5.92 Å². The molecule has 94 valence electrons. The lowest BCUT2D eigenvalue weighted by Crippen LogP contribution is -2.39. The van der Waals surface area contributed by atoms with Crippen molar-refractivity contribution in [3.63, 3.8) is 0 Å². The van der Waals surface area contributed by atoms with E-state index in [-0.39, 0.29) is 12.3 Å². The van der Waals surface area contributed by atoms with Crippen molar-refractivity contribution >= 4 is 5.97 Å². The quantitative estimate of drug-likeness (QED) is 0.669. The number of unbranched alkanes of at least 4 members (excludes halogenated alkanes) is 1. The normalized spacial score (nSPS) is 18.4. The van der Waals surface area contributed by atoms with Gasteiger partial charge in [0.25, 0.3) is 0 Å². The van der Waals surface area contributed by atoms with Crippen LogP contribution in [0.2, 0.25) is 0 Å². The van der Waals surface area contributed by atoms with Crippen molar-refractivity contribution in [3.05, 3.63) is 0 Å². The Bertz CT molecular complexity index is 239. The molecule has 1 rings (SSSR count). The summed E-state index contributed by atoms with van der Waals surface area (Å²) in [5.41, 5.74) is 0. The van der Waals surface area contributed by atoms with Gasteiger partial charge in [-0.15, -0.1) is 0 Å². The maximum atomic E-state index is 11.8. The number of nitrogens with one attached hydrogen (secondary N) is 1. The monoisotopic (exact) mass is 239 g/mol. The molecule has 0 radical (unpaired) electrons. The Morgan fingerprint density at radius 3 is 2.44 bits per heavy atom. The molecule has 0 saturated heterocycles. The molecule has 6 heteroatoms. The highest BCUT2D eigenvalue weighted by atomic mass is 19.4. The molecular formula is C10H16F3NO2. The number of carbonyl (C=O) groups is 1. The Labute approximate surface area is 92.0 Å². The summed E-state index contributed by atoms with van der Waals surface area (Å²) in [4.78, 5) is 10.8. The van der Waals surface area contributed by atoms with E-state index in [9.17, 15) is 18.0 Å². The van der Waals surface area contributed by atoms with E-state index in [1.807, 2.05) is 0 Å². The fourth-order valence-electron chi connectivity index (χ4n) is 1.59. The van der Waals surface area contributed by atoms with Gasteiger partial charge in [0.2, 0.25) is 0 Å². The number of halogens is 3. The first-order chi connectivity index (χ1) is 7.40. The fourth-order valence-corrected chi connectivity index (χ4v) is 1.59. The molecule has 1 unspecified atom stereocenters. The van der Waals surface area contributed by atoms with E-state index in [4.69, 9.17) is 5.11 Å². The van der Waals surface area contributed by atoms with E-state index < -0.39 is 24.6 Å². The Morgan fingerprint density at radius 2 is 2.00 bits per heavy atom. The van der Waals surface area contributed by atoms with E-state index in [0.29, 0.717) is 13.0 Å². The molecule has 0 aromatic carbocycles. The topological polar surface area (TPSA) is 49.3 Å². The van der Waals surface area contributed by atoms with Crippen LogP contribution in [-0.4, -0.2) is 29.8 Å². The van der Waals surface area contributed by atoms with Crippen molar-refractivity contribution in [3.8, 4) is 0 Å². The zero-order valence-electron chi connectivity index (χ0n) is 8.89. The Kier molecular flexibility index (Phi) is 4.58. The van der Waals surface area contributed by atoms with Crippen molar-refractivity contribution in [2.75, 3.05) is 6.54 Å². The number of carboxylic acid groups (broad SMARTS) is 1. The van der Waals surface area contributed by atoms with Crippen LogP contribution < -0.4 is 5.32 Å². The molecule has 0 amide bonds. The van der Waals surface area contributed by atoms with Crippen LogP contribution in [0.3, 0.4) is 0 Å². The average Bonchev–Trinajstić information content (AvgIpc) is 2.91. The van der Waals surface area contributed by atoms with Gasteiger partial charge in [-0.05, 0) is 38.1 Å². The minimum absolute atomic E-state index is 0.0491. The van der Waals surface area contributed by atoms with Crippen LogP contribution in [0.5, 0.6) is 0 Å². The molecule has 1 aliphatic rings. The van der Waals surface area contributed by atoms with Gasteiger partial charge in [0, 0.05) is 6.42 Å². The molecule has 0 spiro atoms. The highest BCUT2D eigenvalue weighted by Crippen LogP contribution is 2.32. The van der Waals surface area contributed by atoms with E-state index in [1.54, 1.807) is 0 Å². The average molecular weight is 239 g/mol. The van der Waals surface area contributed by atoms with Crippen LogP contribution in [0.15, 0.2) is 0 Å². The lowest BCUT2D eigenvalue weighted by molar-refractivity contribution is -0.140. The predicted molar refractivity (Wildman–Crippen MR) is 52.1 cm³/mol. The molecule has 3 nitrogen and oxygen atoms in total. The van der Waals surface area contributed by atoms with Gasteiger partial charge in [0.15, 0.2) is 0 Å². The molecule has 16 heavy (non-hydrogen) atoms. The zero-order valence-corrected chi connectivity index (χ0v) is 8.89. The molecular weight excluding hydrogens is 223 g/mol. The Hall–Kier alpha value is -0.780. The summed E-state index contributed by atoms with van der Waals surface area (Å²) >= 11 is 0. The third-order valence-electron chi connectivity index (χ3n) is 2.61. The summed E-state index contributed by atoms with van der Waals surface area (Å²) in [6.45, 7) is 0.337. The standard InChI is InChI=1S/C10H16F3NO2/c11-10(12,13)5-1-2-6-14-8(9(15)16)7-3-4-7/h7-8,14H,1-6H2,(H,15,16). The van der Waals surface area contributed by atoms with E-state index in [2.05, 4.69) is 5.32 Å². The van der Waals surface area contributed by atoms with Crippen molar-refractivity contribution in [2.45, 2.75) is 44.3 Å². The van der Waals surface area contributed by atoms with Crippen molar-refractivity contribution in [1.82, 2.24) is 5.32 Å². The largest absolute Gasteiger partial charge is 0.480 e. The second kappa shape index (κ2) is 5.52. The summed E-state index contributed by atoms with van der Waals surface area (Å²) in [7, 11) is 0. The van der Waals surface area contributed by atoms with Crippen LogP contribution in [-0.2, 0) is 4.79 Å². The molecule has 0 bridgehead atoms. The summed E-state index contributed by atoms with van der Waals surface area (Å²) in [6.07, 6.45) is -2.71. The third-order valence-corrected chi connectivity index (χ3v) is 2.61. The summed E-state index contributed by atoms with van der Waals surface area (Å²) in [5.74, 6) is -0.738. The smallest absolute Gasteiger partial charge is 0.389 e. The molecule has 0 heterocycles. The van der Waals surface area contributed by atoms with Crippen LogP contribution >= 0.6 is 0 Å². The van der Waals surface area contributed by atoms with Crippen LogP contribution in [0.4, 0.5) is 13.2 Å². The summed E-state index contributed by atoms with van der Waals surface area (Å²) < 4.78 is 35.4. The summed E-state index contributed by atoms with van der Waals surface area (Å²) in [5, 5.41) is 11.6. The van der Waals surface area contributed by atoms with Gasteiger partial charge in [0.05, 0.1) is 0 Å². The Morgan fingerprint density at radius 1 is 1.38 bits per heavy atom. The predicted octanol–water partition coefficient (Wildman–Crippen LogP) is 2.17. The lowest BCUT2D eigenvalue weighted by atomic mass is 10.1. The minimum Gasteiger partial charge on any atom is -0.480 e. The molecule has 1 aliphatic carbocycles. The van der Waals surface area contributed by atoms with Crippen molar-refractivity contribution < 1.29 is 23.1 Å². The second-order valence-electron chi connectivity index (χ2n) is 4.18. The van der Waals surface area contributed by atoms with Gasteiger partial charge in [-0.25, -0.2) is 0 Å². The molecule has 1 atom stereocenters. The van der Waals surface area contributed by atoms with Crippen LogP contribution in [0.1, 0.15) is 32.1 Å². The first kappa shape index (κ1) is 13.3. The van der Waals surface area contributed by atoms with Crippen LogP contribution in [0.25, 0.3) is 0 Å². The molecule has 0 aromatic heterocycles. The van der Waals surface area contributed by atoms with Gasteiger partial charge in [-0.2, -0.15) is 13.2 Å². The SMILES string of the molecule is O=C(O)C(NCCCCC(F)(F)F)C1CC1. The first-order valence-corrected chi connectivity index (χ1v) is 5.43.